The van der Waals surface area contributed by atoms with Crippen molar-refractivity contribution in [2.75, 3.05) is 23.8 Å². The summed E-state index contributed by atoms with van der Waals surface area (Å²) in [6.07, 6.45) is 4.35. The molecule has 3 N–H and O–H groups in total. The molecule has 0 aliphatic carbocycles. The molecule has 1 amide bonds. The van der Waals surface area contributed by atoms with Crippen LogP contribution in [0.3, 0.4) is 0 Å². The molecule has 2 rings (SSSR count). The smallest absolute Gasteiger partial charge is 0.226 e. The number of nitrogens with zero attached hydrogens (tertiary/aromatic N) is 1. The largest absolute Gasteiger partial charge is 0.397 e. The van der Waals surface area contributed by atoms with E-state index >= 15 is 0 Å². The normalized spacial score (nSPS) is 16.4. The number of carbonyl (C=O) groups excluding carboxylic acids is 1. The number of hydrogen-bond acceptors (Lipinski definition) is 4. The molecule has 1 saturated heterocycles. The molecule has 4 nitrogen and oxygen atoms in total. The molecule has 0 saturated carbocycles. The molecule has 0 unspecified atom stereocenters. The number of thioether (sulfide) groups is 1. The van der Waals surface area contributed by atoms with E-state index < -0.39 is 0 Å². The molecule has 5 heteroatoms. The minimum Gasteiger partial charge on any atom is -0.397 e. The molecule has 2 heterocycles. The second kappa shape index (κ2) is 6.64. The molecule has 1 fully saturated rings. The van der Waals surface area contributed by atoms with Crippen molar-refractivity contribution >= 4 is 23.4 Å². The molecule has 0 bridgehead atoms. The van der Waals surface area contributed by atoms with Crippen molar-refractivity contribution in [1.29, 1.82) is 0 Å². The van der Waals surface area contributed by atoms with Gasteiger partial charge in [0.05, 0.1) is 18.3 Å². The van der Waals surface area contributed by atoms with Crippen molar-refractivity contribution in [1.82, 2.24) is 10.3 Å². The van der Waals surface area contributed by atoms with E-state index in [-0.39, 0.29) is 5.91 Å². The Kier molecular flexibility index (Phi) is 4.87. The summed E-state index contributed by atoms with van der Waals surface area (Å²) in [4.78, 5) is 15.9. The molecule has 0 aromatic carbocycles. The summed E-state index contributed by atoms with van der Waals surface area (Å²) in [5, 5.41) is 3.00. The fraction of sp³-hybridized carbons (Fsp3) is 0.538. The fourth-order valence-electron chi connectivity index (χ4n) is 1.98. The Morgan fingerprint density at radius 2 is 2.22 bits per heavy atom. The number of rotatable bonds is 4. The molecule has 1 aliphatic rings. The van der Waals surface area contributed by atoms with Crippen LogP contribution in [0, 0.1) is 5.92 Å². The number of nitrogens with one attached hydrogen (secondary N) is 1. The standard InChI is InChI=1S/C13H19N3OS/c14-11-1-2-12(15-9-11)7-13(17)16-8-10-3-5-18-6-4-10/h1-2,9-10H,3-8,14H2,(H,16,17). The van der Waals surface area contributed by atoms with E-state index in [4.69, 9.17) is 5.73 Å². The Morgan fingerprint density at radius 3 is 2.89 bits per heavy atom. The number of nitrogen functional groups attached to an aromatic ring is 1. The summed E-state index contributed by atoms with van der Waals surface area (Å²) in [6.45, 7) is 0.800. The quantitative estimate of drug-likeness (QED) is 0.865. The zero-order chi connectivity index (χ0) is 12.8. The van der Waals surface area contributed by atoms with Crippen LogP contribution in [0.4, 0.5) is 5.69 Å². The van der Waals surface area contributed by atoms with Gasteiger partial charge in [-0.2, -0.15) is 11.8 Å². The predicted octanol–water partition coefficient (Wildman–Crippen LogP) is 1.47. The van der Waals surface area contributed by atoms with Crippen LogP contribution in [-0.2, 0) is 11.2 Å². The van der Waals surface area contributed by atoms with E-state index in [0.717, 1.165) is 12.2 Å². The maximum absolute atomic E-state index is 11.8. The highest BCUT2D eigenvalue weighted by atomic mass is 32.2. The second-order valence-corrected chi connectivity index (χ2v) is 5.84. The average Bonchev–Trinajstić information content (AvgIpc) is 2.40. The van der Waals surface area contributed by atoms with Gasteiger partial charge in [0.15, 0.2) is 0 Å². The molecule has 0 radical (unpaired) electrons. The van der Waals surface area contributed by atoms with Gasteiger partial charge in [-0.15, -0.1) is 0 Å². The molecule has 18 heavy (non-hydrogen) atoms. The number of aromatic nitrogens is 1. The topological polar surface area (TPSA) is 68.0 Å². The summed E-state index contributed by atoms with van der Waals surface area (Å²) >= 11 is 2.00. The zero-order valence-corrected chi connectivity index (χ0v) is 11.2. The number of anilines is 1. The lowest BCUT2D eigenvalue weighted by molar-refractivity contribution is -0.120. The van der Waals surface area contributed by atoms with Crippen LogP contribution in [0.15, 0.2) is 18.3 Å². The molecule has 0 spiro atoms. The maximum Gasteiger partial charge on any atom is 0.226 e. The van der Waals surface area contributed by atoms with Gasteiger partial charge in [-0.1, -0.05) is 0 Å². The predicted molar refractivity (Wildman–Crippen MR) is 75.4 cm³/mol. The first-order valence-corrected chi connectivity index (χ1v) is 7.44. The third-order valence-electron chi connectivity index (χ3n) is 3.12. The summed E-state index contributed by atoms with van der Waals surface area (Å²) < 4.78 is 0. The molecular formula is C13H19N3OS. The fourth-order valence-corrected chi connectivity index (χ4v) is 3.18. The van der Waals surface area contributed by atoms with Crippen LogP contribution in [0.5, 0.6) is 0 Å². The summed E-state index contributed by atoms with van der Waals surface area (Å²) in [7, 11) is 0. The summed E-state index contributed by atoms with van der Waals surface area (Å²) in [6, 6.07) is 3.57. The first-order valence-electron chi connectivity index (χ1n) is 6.29. The first kappa shape index (κ1) is 13.2. The number of pyridine rings is 1. The molecule has 98 valence electrons. The van der Waals surface area contributed by atoms with Crippen molar-refractivity contribution in [3.63, 3.8) is 0 Å². The highest BCUT2D eigenvalue weighted by Gasteiger charge is 2.14. The van der Waals surface area contributed by atoms with Gasteiger partial charge in [-0.25, -0.2) is 0 Å². The highest BCUT2D eigenvalue weighted by molar-refractivity contribution is 7.99. The lowest BCUT2D eigenvalue weighted by Crippen LogP contribution is -2.32. The van der Waals surface area contributed by atoms with E-state index in [1.165, 1.54) is 24.3 Å². The third kappa shape index (κ3) is 4.22. The van der Waals surface area contributed by atoms with Crippen molar-refractivity contribution in [3.8, 4) is 0 Å². The number of hydrogen-bond donors (Lipinski definition) is 2. The Morgan fingerprint density at radius 1 is 1.44 bits per heavy atom. The Bertz CT molecular complexity index is 388. The van der Waals surface area contributed by atoms with Gasteiger partial charge < -0.3 is 11.1 Å². The van der Waals surface area contributed by atoms with Gasteiger partial charge in [0.2, 0.25) is 5.91 Å². The van der Waals surface area contributed by atoms with Crippen LogP contribution in [0.1, 0.15) is 18.5 Å². The Labute approximate surface area is 112 Å². The van der Waals surface area contributed by atoms with E-state index in [1.807, 2.05) is 11.8 Å². The maximum atomic E-state index is 11.8. The van der Waals surface area contributed by atoms with Crippen molar-refractivity contribution in [2.45, 2.75) is 19.3 Å². The van der Waals surface area contributed by atoms with Gasteiger partial charge in [-0.05, 0) is 42.4 Å². The first-order chi connectivity index (χ1) is 8.74. The lowest BCUT2D eigenvalue weighted by atomic mass is 10.0. The number of amides is 1. The van der Waals surface area contributed by atoms with Crippen molar-refractivity contribution in [2.24, 2.45) is 5.92 Å². The lowest BCUT2D eigenvalue weighted by Gasteiger charge is -2.21. The van der Waals surface area contributed by atoms with Crippen molar-refractivity contribution < 1.29 is 4.79 Å². The van der Waals surface area contributed by atoms with Crippen LogP contribution in [-0.4, -0.2) is 28.9 Å². The third-order valence-corrected chi connectivity index (χ3v) is 4.17. The van der Waals surface area contributed by atoms with Gasteiger partial charge in [0, 0.05) is 12.2 Å². The van der Waals surface area contributed by atoms with Crippen LogP contribution in [0.25, 0.3) is 0 Å². The monoisotopic (exact) mass is 265 g/mol. The highest BCUT2D eigenvalue weighted by Crippen LogP contribution is 2.21. The van der Waals surface area contributed by atoms with Gasteiger partial charge >= 0.3 is 0 Å². The minimum absolute atomic E-state index is 0.0468. The van der Waals surface area contributed by atoms with E-state index in [9.17, 15) is 4.79 Å². The molecule has 1 aliphatic heterocycles. The van der Waals surface area contributed by atoms with Gasteiger partial charge in [-0.3, -0.25) is 9.78 Å². The Hall–Kier alpha value is -1.23. The van der Waals surface area contributed by atoms with Crippen LogP contribution >= 0.6 is 11.8 Å². The van der Waals surface area contributed by atoms with Crippen LogP contribution in [0.2, 0.25) is 0 Å². The second-order valence-electron chi connectivity index (χ2n) is 4.62. The van der Waals surface area contributed by atoms with Crippen LogP contribution < -0.4 is 11.1 Å². The minimum atomic E-state index is 0.0468. The zero-order valence-electron chi connectivity index (χ0n) is 10.4. The van der Waals surface area contributed by atoms with E-state index in [2.05, 4.69) is 10.3 Å². The Balaban J connectivity index is 1.73. The molecule has 1 aromatic heterocycles. The van der Waals surface area contributed by atoms with Gasteiger partial charge in [0.1, 0.15) is 0 Å². The molecule has 1 aromatic rings. The molecule has 0 atom stereocenters. The SMILES string of the molecule is Nc1ccc(CC(=O)NCC2CCSCC2)nc1. The van der Waals surface area contributed by atoms with Gasteiger partial charge in [0.25, 0.3) is 0 Å². The summed E-state index contributed by atoms with van der Waals surface area (Å²) in [5.74, 6) is 3.14. The van der Waals surface area contributed by atoms with E-state index in [1.54, 1.807) is 18.3 Å². The van der Waals surface area contributed by atoms with Crippen molar-refractivity contribution in [3.05, 3.63) is 24.0 Å². The number of nitrogens with two attached hydrogens (primary N) is 1. The summed E-state index contributed by atoms with van der Waals surface area (Å²) in [5.41, 5.74) is 6.94. The average molecular weight is 265 g/mol. The number of carbonyl (C=O) groups is 1. The van der Waals surface area contributed by atoms with E-state index in [0.29, 0.717) is 18.0 Å². The molecular weight excluding hydrogens is 246 g/mol.